The Labute approximate surface area is 104 Å². The molecule has 1 fully saturated rings. The predicted molar refractivity (Wildman–Crippen MR) is 56.6 cm³/mol. The molecule has 1 saturated heterocycles. The Kier molecular flexibility index (Phi) is 3.50. The zero-order chi connectivity index (χ0) is 14.2. The van der Waals surface area contributed by atoms with Gasteiger partial charge in [0.05, 0.1) is 12.7 Å². The molecule has 0 aromatic carbocycles. The lowest BCUT2D eigenvalue weighted by molar-refractivity contribution is -0.139. The Morgan fingerprint density at radius 2 is 2.11 bits per heavy atom. The summed E-state index contributed by atoms with van der Waals surface area (Å²) >= 11 is 0. The number of H-pyrrole nitrogens is 1. The zero-order valence-electron chi connectivity index (χ0n) is 9.61. The second-order valence-corrected chi connectivity index (χ2v) is 4.18. The van der Waals surface area contributed by atoms with Crippen molar-refractivity contribution in [3.8, 4) is 0 Å². The largest absolute Gasteiger partial charge is 0.423 e. The molecule has 2 N–H and O–H groups in total. The molecule has 6 nitrogen and oxygen atoms in total. The second kappa shape index (κ2) is 4.82. The lowest BCUT2D eigenvalue weighted by atomic mass is 10.2. The molecule has 0 radical (unpaired) electrons. The van der Waals surface area contributed by atoms with Crippen LogP contribution in [0.4, 0.5) is 13.2 Å². The molecule has 0 spiro atoms. The maximum Gasteiger partial charge on any atom is 0.423 e. The van der Waals surface area contributed by atoms with Crippen LogP contribution < -0.4 is 11.2 Å². The Hall–Kier alpha value is -1.61. The smallest absolute Gasteiger partial charge is 0.394 e. The number of aliphatic hydroxyl groups is 1. The molecule has 19 heavy (non-hydrogen) atoms. The summed E-state index contributed by atoms with van der Waals surface area (Å²) in [7, 11) is 0. The predicted octanol–water partition coefficient (Wildman–Crippen LogP) is 0.225. The normalized spacial score (nSPS) is 23.8. The highest BCUT2D eigenvalue weighted by Gasteiger charge is 2.36. The highest BCUT2D eigenvalue weighted by atomic mass is 19.4. The van der Waals surface area contributed by atoms with E-state index in [2.05, 4.69) is 0 Å². The highest BCUT2D eigenvalue weighted by molar-refractivity contribution is 5.09. The van der Waals surface area contributed by atoms with Gasteiger partial charge in [-0.1, -0.05) is 0 Å². The van der Waals surface area contributed by atoms with Crippen molar-refractivity contribution in [1.29, 1.82) is 0 Å². The fourth-order valence-electron chi connectivity index (χ4n) is 1.93. The van der Waals surface area contributed by atoms with Gasteiger partial charge < -0.3 is 9.84 Å². The third kappa shape index (κ3) is 2.71. The van der Waals surface area contributed by atoms with E-state index in [0.717, 1.165) is 0 Å². The van der Waals surface area contributed by atoms with E-state index in [0.29, 0.717) is 17.2 Å². The molecule has 0 bridgehead atoms. The lowest BCUT2D eigenvalue weighted by Gasteiger charge is -2.16. The van der Waals surface area contributed by atoms with Crippen LogP contribution >= 0.6 is 0 Å². The van der Waals surface area contributed by atoms with Gasteiger partial charge >= 0.3 is 11.9 Å². The van der Waals surface area contributed by atoms with E-state index in [-0.39, 0.29) is 13.0 Å². The van der Waals surface area contributed by atoms with Crippen molar-refractivity contribution < 1.29 is 23.0 Å². The van der Waals surface area contributed by atoms with Gasteiger partial charge in [-0.15, -0.1) is 0 Å². The number of nitrogens with zero attached hydrogens (tertiary/aromatic N) is 1. The van der Waals surface area contributed by atoms with Gasteiger partial charge in [-0.2, -0.15) is 13.2 Å². The van der Waals surface area contributed by atoms with Gasteiger partial charge in [0.25, 0.3) is 5.56 Å². The minimum atomic E-state index is -4.85. The molecule has 2 heterocycles. The van der Waals surface area contributed by atoms with E-state index < -0.39 is 35.3 Å². The molecule has 9 heteroatoms. The van der Waals surface area contributed by atoms with Gasteiger partial charge in [-0.05, 0) is 12.8 Å². The van der Waals surface area contributed by atoms with Crippen molar-refractivity contribution >= 4 is 0 Å². The van der Waals surface area contributed by atoms with Gasteiger partial charge in [0.2, 0.25) is 0 Å². The Morgan fingerprint density at radius 3 is 2.63 bits per heavy atom. The van der Waals surface area contributed by atoms with Crippen LogP contribution in [0.5, 0.6) is 0 Å². The highest BCUT2D eigenvalue weighted by Crippen LogP contribution is 2.29. The first-order valence-corrected chi connectivity index (χ1v) is 5.52. The number of aromatic nitrogens is 2. The number of halogens is 3. The zero-order valence-corrected chi connectivity index (χ0v) is 9.61. The first kappa shape index (κ1) is 13.8. The Morgan fingerprint density at radius 1 is 1.42 bits per heavy atom. The van der Waals surface area contributed by atoms with Crippen molar-refractivity contribution in [2.24, 2.45) is 0 Å². The third-order valence-electron chi connectivity index (χ3n) is 2.87. The lowest BCUT2D eigenvalue weighted by Crippen LogP contribution is -2.36. The van der Waals surface area contributed by atoms with Crippen molar-refractivity contribution in [1.82, 2.24) is 9.55 Å². The van der Waals surface area contributed by atoms with Crippen molar-refractivity contribution in [3.63, 3.8) is 0 Å². The fourth-order valence-corrected chi connectivity index (χ4v) is 1.93. The standard InChI is InChI=1S/C10H11F3N2O4/c11-10(12,13)6-3-15(9(18)14-8(6)17)7-2-1-5(4-16)19-7/h3,5,7,16H,1-2,4H2,(H,14,17,18). The van der Waals surface area contributed by atoms with E-state index in [4.69, 9.17) is 9.84 Å². The number of alkyl halides is 3. The molecule has 1 aliphatic heterocycles. The van der Waals surface area contributed by atoms with Crippen LogP contribution in [0.25, 0.3) is 0 Å². The number of rotatable bonds is 2. The minimum Gasteiger partial charge on any atom is -0.394 e. The molecule has 2 rings (SSSR count). The van der Waals surface area contributed by atoms with E-state index in [1.807, 2.05) is 0 Å². The van der Waals surface area contributed by atoms with Crippen LogP contribution in [0.1, 0.15) is 24.6 Å². The molecule has 1 aromatic heterocycles. The average molecular weight is 280 g/mol. The molecule has 1 aromatic rings. The minimum absolute atomic E-state index is 0.277. The Bertz CT molecular complexity index is 577. The third-order valence-corrected chi connectivity index (χ3v) is 2.87. The summed E-state index contributed by atoms with van der Waals surface area (Å²) in [5.74, 6) is 0. The Balaban J connectivity index is 2.42. The summed E-state index contributed by atoms with van der Waals surface area (Å²) in [6.07, 6.45) is -5.12. The van der Waals surface area contributed by atoms with Crippen LogP contribution in [0, 0.1) is 0 Å². The van der Waals surface area contributed by atoms with Crippen molar-refractivity contribution in [2.45, 2.75) is 31.3 Å². The van der Waals surface area contributed by atoms with Gasteiger partial charge in [0, 0.05) is 6.20 Å². The maximum absolute atomic E-state index is 12.6. The van der Waals surface area contributed by atoms with E-state index in [1.54, 1.807) is 4.98 Å². The molecule has 0 saturated carbocycles. The topological polar surface area (TPSA) is 84.3 Å². The van der Waals surface area contributed by atoms with Crippen molar-refractivity contribution in [2.75, 3.05) is 6.61 Å². The number of aromatic amines is 1. The van der Waals surface area contributed by atoms with Gasteiger partial charge in [0.15, 0.2) is 0 Å². The van der Waals surface area contributed by atoms with Crippen LogP contribution in [0.15, 0.2) is 15.8 Å². The molecule has 0 amide bonds. The summed E-state index contributed by atoms with van der Waals surface area (Å²) in [4.78, 5) is 24.2. The summed E-state index contributed by atoms with van der Waals surface area (Å²) in [6.45, 7) is -0.277. The van der Waals surface area contributed by atoms with Crippen LogP contribution in [-0.2, 0) is 10.9 Å². The number of nitrogens with one attached hydrogen (secondary N) is 1. The van der Waals surface area contributed by atoms with E-state index >= 15 is 0 Å². The second-order valence-electron chi connectivity index (χ2n) is 4.18. The molecule has 0 aliphatic carbocycles. The number of hydrogen-bond donors (Lipinski definition) is 2. The van der Waals surface area contributed by atoms with Crippen LogP contribution in [-0.4, -0.2) is 27.4 Å². The SMILES string of the molecule is O=c1[nH]c(=O)n(C2CCC(CO)O2)cc1C(F)(F)F. The van der Waals surface area contributed by atoms with Gasteiger partial charge in [0.1, 0.15) is 11.8 Å². The van der Waals surface area contributed by atoms with E-state index in [1.165, 1.54) is 0 Å². The maximum atomic E-state index is 12.6. The molecular formula is C10H11F3N2O4. The quantitative estimate of drug-likeness (QED) is 0.812. The van der Waals surface area contributed by atoms with Gasteiger partial charge in [-0.3, -0.25) is 14.3 Å². The fraction of sp³-hybridized carbons (Fsp3) is 0.600. The van der Waals surface area contributed by atoms with Crippen molar-refractivity contribution in [3.05, 3.63) is 32.6 Å². The van der Waals surface area contributed by atoms with Crippen LogP contribution in [0.2, 0.25) is 0 Å². The average Bonchev–Trinajstić information content (AvgIpc) is 2.75. The summed E-state index contributed by atoms with van der Waals surface area (Å²) < 4.78 is 43.6. The molecule has 2 atom stereocenters. The molecular weight excluding hydrogens is 269 g/mol. The van der Waals surface area contributed by atoms with E-state index in [9.17, 15) is 22.8 Å². The first-order valence-electron chi connectivity index (χ1n) is 5.52. The number of aliphatic hydroxyl groups excluding tert-OH is 1. The van der Waals surface area contributed by atoms with Crippen LogP contribution in [0.3, 0.4) is 0 Å². The number of ether oxygens (including phenoxy) is 1. The molecule has 106 valence electrons. The summed E-state index contributed by atoms with van der Waals surface area (Å²) in [5.41, 5.74) is -3.91. The molecule has 2 unspecified atom stereocenters. The summed E-state index contributed by atoms with van der Waals surface area (Å²) in [5, 5.41) is 8.88. The number of hydrogen-bond acceptors (Lipinski definition) is 4. The first-order chi connectivity index (χ1) is 8.82. The van der Waals surface area contributed by atoms with Gasteiger partial charge in [-0.25, -0.2) is 4.79 Å². The molecule has 1 aliphatic rings. The monoisotopic (exact) mass is 280 g/mol. The summed E-state index contributed by atoms with van der Waals surface area (Å²) in [6, 6.07) is 0.